The number of nitrogens with zero attached hydrogens (tertiary/aromatic N) is 2. The molecule has 2 aliphatic heterocycles. The number of thiazole rings is 1. The van der Waals surface area contributed by atoms with E-state index in [1.807, 2.05) is 11.0 Å². The van der Waals surface area contributed by atoms with Gasteiger partial charge in [-0.25, -0.2) is 9.78 Å². The van der Waals surface area contributed by atoms with Crippen LogP contribution in [0.1, 0.15) is 30.2 Å². The monoisotopic (exact) mass is 345 g/mol. The van der Waals surface area contributed by atoms with Crippen molar-refractivity contribution in [1.29, 1.82) is 0 Å². The second-order valence-electron chi connectivity index (χ2n) is 6.72. The van der Waals surface area contributed by atoms with E-state index in [1.54, 1.807) is 11.3 Å². The SMILES string of the molecule is O=C(NCC1CCOC1)N1CCCC(c2nc3ccccc3s2)C1. The number of urea groups is 1. The van der Waals surface area contributed by atoms with E-state index in [0.717, 1.165) is 62.6 Å². The number of hydrogen-bond acceptors (Lipinski definition) is 4. The fraction of sp³-hybridized carbons (Fsp3) is 0.556. The van der Waals surface area contributed by atoms with E-state index in [-0.39, 0.29) is 6.03 Å². The molecule has 0 saturated carbocycles. The Morgan fingerprint density at radius 2 is 2.29 bits per heavy atom. The highest BCUT2D eigenvalue weighted by Gasteiger charge is 2.27. The molecule has 4 rings (SSSR count). The third kappa shape index (κ3) is 3.39. The van der Waals surface area contributed by atoms with Crippen LogP contribution in [-0.2, 0) is 4.74 Å². The summed E-state index contributed by atoms with van der Waals surface area (Å²) in [7, 11) is 0. The van der Waals surface area contributed by atoms with Gasteiger partial charge in [-0.05, 0) is 31.4 Å². The van der Waals surface area contributed by atoms with Gasteiger partial charge in [0.15, 0.2) is 0 Å². The molecule has 2 atom stereocenters. The predicted molar refractivity (Wildman–Crippen MR) is 95.5 cm³/mol. The molecule has 1 aromatic heterocycles. The topological polar surface area (TPSA) is 54.5 Å². The van der Waals surface area contributed by atoms with Crippen LogP contribution in [0.3, 0.4) is 0 Å². The van der Waals surface area contributed by atoms with Crippen molar-refractivity contribution in [2.45, 2.75) is 25.2 Å². The zero-order valence-electron chi connectivity index (χ0n) is 13.7. The molecule has 0 spiro atoms. The molecular formula is C18H23N3O2S. The summed E-state index contributed by atoms with van der Waals surface area (Å²) in [5, 5.41) is 4.25. The van der Waals surface area contributed by atoms with E-state index in [1.165, 1.54) is 4.70 Å². The Morgan fingerprint density at radius 3 is 3.12 bits per heavy atom. The smallest absolute Gasteiger partial charge is 0.317 e. The van der Waals surface area contributed by atoms with Crippen LogP contribution in [0.2, 0.25) is 0 Å². The lowest BCUT2D eigenvalue weighted by atomic mass is 9.99. The van der Waals surface area contributed by atoms with Gasteiger partial charge in [-0.3, -0.25) is 0 Å². The van der Waals surface area contributed by atoms with Gasteiger partial charge >= 0.3 is 6.03 Å². The van der Waals surface area contributed by atoms with E-state index < -0.39 is 0 Å². The summed E-state index contributed by atoms with van der Waals surface area (Å²) in [5.41, 5.74) is 1.07. The van der Waals surface area contributed by atoms with Gasteiger partial charge in [0, 0.05) is 38.1 Å². The molecule has 2 fully saturated rings. The van der Waals surface area contributed by atoms with Crippen molar-refractivity contribution >= 4 is 27.6 Å². The number of benzene rings is 1. The summed E-state index contributed by atoms with van der Waals surface area (Å²) >= 11 is 1.77. The number of ether oxygens (including phenoxy) is 1. The number of carbonyl (C=O) groups is 1. The standard InChI is InChI=1S/C18H23N3O2S/c22-18(19-10-13-7-9-23-12-13)21-8-3-4-14(11-21)17-20-15-5-1-2-6-16(15)24-17/h1-2,5-6,13-14H,3-4,7-12H2,(H,19,22). The first-order valence-electron chi connectivity index (χ1n) is 8.75. The van der Waals surface area contributed by atoms with Gasteiger partial charge in [-0.2, -0.15) is 0 Å². The van der Waals surface area contributed by atoms with Crippen LogP contribution in [0.4, 0.5) is 4.79 Å². The molecule has 2 unspecified atom stereocenters. The highest BCUT2D eigenvalue weighted by molar-refractivity contribution is 7.18. The summed E-state index contributed by atoms with van der Waals surface area (Å²) in [6, 6.07) is 8.32. The van der Waals surface area contributed by atoms with Crippen LogP contribution < -0.4 is 5.32 Å². The van der Waals surface area contributed by atoms with E-state index >= 15 is 0 Å². The third-order valence-electron chi connectivity index (χ3n) is 4.93. The van der Waals surface area contributed by atoms with Crippen molar-refractivity contribution in [3.63, 3.8) is 0 Å². The average Bonchev–Trinajstić information content (AvgIpc) is 3.29. The van der Waals surface area contributed by atoms with Crippen molar-refractivity contribution in [2.75, 3.05) is 32.8 Å². The zero-order chi connectivity index (χ0) is 16.4. The fourth-order valence-corrected chi connectivity index (χ4v) is 4.61. The van der Waals surface area contributed by atoms with Gasteiger partial charge in [0.1, 0.15) is 0 Å². The van der Waals surface area contributed by atoms with Crippen molar-refractivity contribution in [2.24, 2.45) is 5.92 Å². The van der Waals surface area contributed by atoms with Gasteiger partial charge in [-0.1, -0.05) is 12.1 Å². The number of hydrogen-bond donors (Lipinski definition) is 1. The number of aromatic nitrogens is 1. The minimum atomic E-state index is 0.0627. The Labute approximate surface area is 146 Å². The minimum Gasteiger partial charge on any atom is -0.381 e. The molecule has 2 aliphatic rings. The fourth-order valence-electron chi connectivity index (χ4n) is 3.52. The molecule has 5 nitrogen and oxygen atoms in total. The van der Waals surface area contributed by atoms with Gasteiger partial charge in [0.05, 0.1) is 21.8 Å². The molecule has 0 bridgehead atoms. The van der Waals surface area contributed by atoms with Crippen LogP contribution in [0.15, 0.2) is 24.3 Å². The molecular weight excluding hydrogens is 322 g/mol. The number of rotatable bonds is 3. The molecule has 1 aromatic carbocycles. The molecule has 6 heteroatoms. The first-order valence-corrected chi connectivity index (χ1v) is 9.57. The zero-order valence-corrected chi connectivity index (χ0v) is 14.6. The van der Waals surface area contributed by atoms with Gasteiger partial charge < -0.3 is 15.0 Å². The number of likely N-dealkylation sites (tertiary alicyclic amines) is 1. The Hall–Kier alpha value is -1.66. The van der Waals surface area contributed by atoms with Gasteiger partial charge in [0.25, 0.3) is 0 Å². The summed E-state index contributed by atoms with van der Waals surface area (Å²) in [5.74, 6) is 0.829. The quantitative estimate of drug-likeness (QED) is 0.929. The van der Waals surface area contributed by atoms with E-state index in [2.05, 4.69) is 23.5 Å². The predicted octanol–water partition coefficient (Wildman–Crippen LogP) is 3.22. The summed E-state index contributed by atoms with van der Waals surface area (Å²) in [6.45, 7) is 3.93. The first kappa shape index (κ1) is 15.8. The second-order valence-corrected chi connectivity index (χ2v) is 7.78. The van der Waals surface area contributed by atoms with E-state index in [4.69, 9.17) is 9.72 Å². The molecule has 128 valence electrons. The maximum Gasteiger partial charge on any atom is 0.317 e. The molecule has 1 N–H and O–H groups in total. The average molecular weight is 345 g/mol. The normalized spacial score (nSPS) is 24.4. The van der Waals surface area contributed by atoms with Gasteiger partial charge in [-0.15, -0.1) is 11.3 Å². The summed E-state index contributed by atoms with van der Waals surface area (Å²) in [4.78, 5) is 19.2. The lowest BCUT2D eigenvalue weighted by Crippen LogP contribution is -2.46. The first-order chi connectivity index (χ1) is 11.8. The summed E-state index contributed by atoms with van der Waals surface area (Å²) < 4.78 is 6.60. The molecule has 2 amide bonds. The van der Waals surface area contributed by atoms with Crippen LogP contribution in [0, 0.1) is 5.92 Å². The number of carbonyl (C=O) groups excluding carboxylic acids is 1. The van der Waals surface area contributed by atoms with Crippen molar-refractivity contribution in [3.05, 3.63) is 29.3 Å². The lowest BCUT2D eigenvalue weighted by Gasteiger charge is -2.32. The van der Waals surface area contributed by atoms with E-state index in [9.17, 15) is 4.79 Å². The lowest BCUT2D eigenvalue weighted by molar-refractivity contribution is 0.172. The Morgan fingerprint density at radius 1 is 1.38 bits per heavy atom. The molecule has 2 aromatic rings. The molecule has 2 saturated heterocycles. The maximum atomic E-state index is 12.5. The van der Waals surface area contributed by atoms with Crippen LogP contribution in [0.5, 0.6) is 0 Å². The number of nitrogens with one attached hydrogen (secondary N) is 1. The van der Waals surface area contributed by atoms with Crippen LogP contribution in [0.25, 0.3) is 10.2 Å². The van der Waals surface area contributed by atoms with Crippen molar-refractivity contribution in [1.82, 2.24) is 15.2 Å². The molecule has 24 heavy (non-hydrogen) atoms. The highest BCUT2D eigenvalue weighted by atomic mass is 32.1. The Kier molecular flexibility index (Phi) is 4.67. The largest absolute Gasteiger partial charge is 0.381 e. The molecule has 0 radical (unpaired) electrons. The number of piperidine rings is 1. The maximum absolute atomic E-state index is 12.5. The van der Waals surface area contributed by atoms with Crippen molar-refractivity contribution in [3.8, 4) is 0 Å². The Balaban J connectivity index is 1.38. The van der Waals surface area contributed by atoms with Gasteiger partial charge in [0.2, 0.25) is 0 Å². The number of fused-ring (bicyclic) bond motifs is 1. The minimum absolute atomic E-state index is 0.0627. The van der Waals surface area contributed by atoms with Crippen LogP contribution in [-0.4, -0.2) is 48.8 Å². The van der Waals surface area contributed by atoms with Crippen LogP contribution >= 0.6 is 11.3 Å². The van der Waals surface area contributed by atoms with Crippen molar-refractivity contribution < 1.29 is 9.53 Å². The number of amides is 2. The molecule has 3 heterocycles. The molecule has 0 aliphatic carbocycles. The third-order valence-corrected chi connectivity index (χ3v) is 6.13. The second kappa shape index (κ2) is 7.07. The summed E-state index contributed by atoms with van der Waals surface area (Å²) in [6.07, 6.45) is 3.20. The number of para-hydroxylation sites is 1. The van der Waals surface area contributed by atoms with E-state index in [0.29, 0.717) is 11.8 Å². The highest BCUT2D eigenvalue weighted by Crippen LogP contribution is 2.32. The Bertz CT molecular complexity index is 678.